The number of ether oxygens (including phenoxy) is 2. The highest BCUT2D eigenvalue weighted by molar-refractivity contribution is 7.92. The number of sulfonamides is 1. The molecule has 1 N–H and O–H groups in total. The maximum atomic E-state index is 14.6. The smallest absolute Gasteiger partial charge is 0.261 e. The zero-order valence-electron chi connectivity index (χ0n) is 23.8. The molecule has 12 heteroatoms. The van der Waals surface area contributed by atoms with Gasteiger partial charge in [-0.05, 0) is 67.4 Å². The van der Waals surface area contributed by atoms with E-state index in [1.165, 1.54) is 41.3 Å². The van der Waals surface area contributed by atoms with Crippen molar-refractivity contribution >= 4 is 21.6 Å². The predicted molar refractivity (Wildman–Crippen MR) is 152 cm³/mol. The Kier molecular flexibility index (Phi) is 9.80. The van der Waals surface area contributed by atoms with Crippen LogP contribution < -0.4 is 9.46 Å². The van der Waals surface area contributed by atoms with Crippen LogP contribution in [0.5, 0.6) is 5.75 Å². The number of fused-ring (bicyclic) bond motifs is 1. The number of hydrogen-bond acceptors (Lipinski definition) is 6. The third-order valence-electron chi connectivity index (χ3n) is 7.31. The minimum Gasteiger partial charge on any atom is -0.491 e. The van der Waals surface area contributed by atoms with Crippen LogP contribution in [0.3, 0.4) is 0 Å². The Bertz CT molecular complexity index is 1540. The molecule has 0 bridgehead atoms. The van der Waals surface area contributed by atoms with E-state index in [1.807, 2.05) is 18.7 Å². The van der Waals surface area contributed by atoms with Crippen molar-refractivity contribution in [2.45, 2.75) is 37.4 Å². The van der Waals surface area contributed by atoms with E-state index in [2.05, 4.69) is 4.72 Å². The standard InChI is InChI=1S/C30H34F3N3O5S/c1-19-15-36(16-21-12-23(32)8-10-27(21)33)20(2)18-41-28-11-9-24(14-26(28)30(37)35(3)17-29(19)40-4)34-42(38,39)25-7-5-6-22(31)13-25/h5-14,19-20,29,34H,15-18H2,1-4H3/t19-,20+,29-/m1/s1. The number of methoxy groups -OCH3 is 1. The Balaban J connectivity index is 1.67. The Morgan fingerprint density at radius 2 is 1.74 bits per heavy atom. The summed E-state index contributed by atoms with van der Waals surface area (Å²) < 4.78 is 82.1. The number of benzene rings is 3. The maximum absolute atomic E-state index is 14.6. The van der Waals surface area contributed by atoms with Crippen molar-refractivity contribution in [1.82, 2.24) is 9.80 Å². The van der Waals surface area contributed by atoms with Gasteiger partial charge in [-0.2, -0.15) is 0 Å². The number of halogens is 3. The van der Waals surface area contributed by atoms with Crippen LogP contribution in [0.4, 0.5) is 18.9 Å². The van der Waals surface area contributed by atoms with Crippen molar-refractivity contribution in [2.24, 2.45) is 5.92 Å². The molecule has 0 aromatic heterocycles. The number of nitrogens with one attached hydrogen (secondary N) is 1. The molecule has 0 spiro atoms. The molecule has 1 aliphatic rings. The maximum Gasteiger partial charge on any atom is 0.261 e. The zero-order chi connectivity index (χ0) is 30.6. The largest absolute Gasteiger partial charge is 0.491 e. The first-order chi connectivity index (χ1) is 19.9. The highest BCUT2D eigenvalue weighted by Crippen LogP contribution is 2.28. The van der Waals surface area contributed by atoms with Crippen LogP contribution in [-0.2, 0) is 21.3 Å². The molecule has 3 aromatic rings. The van der Waals surface area contributed by atoms with Crippen LogP contribution in [0.2, 0.25) is 0 Å². The number of hydrogen-bond donors (Lipinski definition) is 1. The fraction of sp³-hybridized carbons (Fsp3) is 0.367. The molecular weight excluding hydrogens is 571 g/mol. The number of nitrogens with zero attached hydrogens (tertiary/aromatic N) is 2. The Morgan fingerprint density at radius 1 is 1.00 bits per heavy atom. The molecule has 1 heterocycles. The molecule has 4 rings (SSSR count). The van der Waals surface area contributed by atoms with E-state index in [1.54, 1.807) is 14.2 Å². The number of rotatable bonds is 6. The van der Waals surface area contributed by atoms with Crippen LogP contribution in [0.25, 0.3) is 0 Å². The molecule has 0 radical (unpaired) electrons. The molecule has 8 nitrogen and oxygen atoms in total. The summed E-state index contributed by atoms with van der Waals surface area (Å²) in [5, 5.41) is 0. The Morgan fingerprint density at radius 3 is 2.45 bits per heavy atom. The van der Waals surface area contributed by atoms with Gasteiger partial charge in [0, 0.05) is 51.1 Å². The fourth-order valence-electron chi connectivity index (χ4n) is 4.87. The van der Waals surface area contributed by atoms with Crippen LogP contribution in [0, 0.1) is 23.4 Å². The van der Waals surface area contributed by atoms with E-state index in [-0.39, 0.29) is 59.1 Å². The third-order valence-corrected chi connectivity index (χ3v) is 8.69. The minimum atomic E-state index is -4.15. The fourth-order valence-corrected chi connectivity index (χ4v) is 5.95. The number of likely N-dealkylation sites (N-methyl/N-ethyl adjacent to an activating group) is 1. The summed E-state index contributed by atoms with van der Waals surface area (Å²) in [7, 11) is -1.00. The van der Waals surface area contributed by atoms with Crippen molar-refractivity contribution in [3.8, 4) is 5.75 Å². The van der Waals surface area contributed by atoms with Crippen molar-refractivity contribution in [2.75, 3.05) is 38.6 Å². The number of carbonyl (C=O) groups is 1. The first kappa shape index (κ1) is 31.3. The quantitative estimate of drug-likeness (QED) is 0.430. The second kappa shape index (κ2) is 13.1. The summed E-state index contributed by atoms with van der Waals surface area (Å²) >= 11 is 0. The molecule has 3 atom stereocenters. The molecule has 0 aliphatic carbocycles. The van der Waals surface area contributed by atoms with E-state index in [0.29, 0.717) is 6.54 Å². The van der Waals surface area contributed by atoms with Gasteiger partial charge in [-0.15, -0.1) is 0 Å². The number of amides is 1. The normalized spacial score (nSPS) is 20.7. The molecule has 3 aromatic carbocycles. The van der Waals surface area contributed by atoms with Gasteiger partial charge < -0.3 is 14.4 Å². The highest BCUT2D eigenvalue weighted by atomic mass is 32.2. The molecule has 226 valence electrons. The van der Waals surface area contributed by atoms with Gasteiger partial charge in [-0.25, -0.2) is 21.6 Å². The predicted octanol–water partition coefficient (Wildman–Crippen LogP) is 4.91. The average Bonchev–Trinajstić information content (AvgIpc) is 2.95. The van der Waals surface area contributed by atoms with Gasteiger partial charge in [0.05, 0.1) is 16.6 Å². The van der Waals surface area contributed by atoms with Crippen LogP contribution in [0.1, 0.15) is 29.8 Å². The lowest BCUT2D eigenvalue weighted by Gasteiger charge is -2.36. The number of carbonyl (C=O) groups excluding carboxylic acids is 1. The topological polar surface area (TPSA) is 88.2 Å². The molecule has 0 saturated heterocycles. The van der Waals surface area contributed by atoms with Crippen LogP contribution in [-0.4, -0.2) is 70.1 Å². The molecule has 0 fully saturated rings. The third kappa shape index (κ3) is 7.42. The van der Waals surface area contributed by atoms with Gasteiger partial charge >= 0.3 is 0 Å². The Labute approximate surface area is 244 Å². The van der Waals surface area contributed by atoms with Crippen LogP contribution in [0.15, 0.2) is 65.6 Å². The van der Waals surface area contributed by atoms with Gasteiger partial charge in [0.25, 0.3) is 15.9 Å². The van der Waals surface area contributed by atoms with E-state index in [9.17, 15) is 26.4 Å². The molecule has 1 aliphatic heterocycles. The number of anilines is 1. The van der Waals surface area contributed by atoms with Crippen molar-refractivity contribution in [1.29, 1.82) is 0 Å². The van der Waals surface area contributed by atoms with Gasteiger partial charge in [-0.1, -0.05) is 13.0 Å². The van der Waals surface area contributed by atoms with Gasteiger partial charge in [0.15, 0.2) is 0 Å². The monoisotopic (exact) mass is 605 g/mol. The molecule has 0 saturated carbocycles. The first-order valence-electron chi connectivity index (χ1n) is 13.4. The van der Waals surface area contributed by atoms with Gasteiger partial charge in [0.2, 0.25) is 0 Å². The molecule has 42 heavy (non-hydrogen) atoms. The summed E-state index contributed by atoms with van der Waals surface area (Å²) in [6.45, 7) is 4.71. The molecule has 1 amide bonds. The highest BCUT2D eigenvalue weighted by Gasteiger charge is 2.29. The second-order valence-electron chi connectivity index (χ2n) is 10.5. The summed E-state index contributed by atoms with van der Waals surface area (Å²) in [4.78, 5) is 16.7. The van der Waals surface area contributed by atoms with Crippen molar-refractivity contribution < 1.29 is 35.9 Å². The van der Waals surface area contributed by atoms with E-state index < -0.39 is 39.5 Å². The lowest BCUT2D eigenvalue weighted by molar-refractivity contribution is 0.00903. The SMILES string of the molecule is CO[C@@H]1CN(C)C(=O)c2cc(NS(=O)(=O)c3cccc(F)c3)ccc2OC[C@H](C)N(Cc2cc(F)ccc2F)C[C@H]1C. The average molecular weight is 606 g/mol. The summed E-state index contributed by atoms with van der Waals surface area (Å²) in [6, 6.07) is 11.9. The van der Waals surface area contributed by atoms with Crippen LogP contribution >= 0.6 is 0 Å². The van der Waals surface area contributed by atoms with Gasteiger partial charge in [-0.3, -0.25) is 14.4 Å². The summed E-state index contributed by atoms with van der Waals surface area (Å²) in [5.74, 6) is -2.08. The van der Waals surface area contributed by atoms with Crippen molar-refractivity contribution in [3.63, 3.8) is 0 Å². The molecule has 0 unspecified atom stereocenters. The molecular formula is C30H34F3N3O5S. The van der Waals surface area contributed by atoms with Crippen molar-refractivity contribution in [3.05, 3.63) is 89.2 Å². The lowest BCUT2D eigenvalue weighted by Crippen LogP contribution is -2.46. The van der Waals surface area contributed by atoms with E-state index in [4.69, 9.17) is 9.47 Å². The van der Waals surface area contributed by atoms with E-state index in [0.717, 1.165) is 24.3 Å². The summed E-state index contributed by atoms with van der Waals surface area (Å²) in [5.41, 5.74) is 0.399. The first-order valence-corrected chi connectivity index (χ1v) is 14.9. The lowest BCUT2D eigenvalue weighted by atomic mass is 10.0. The minimum absolute atomic E-state index is 0.0865. The van der Waals surface area contributed by atoms with E-state index >= 15 is 0 Å². The summed E-state index contributed by atoms with van der Waals surface area (Å²) in [6.07, 6.45) is -0.399. The van der Waals surface area contributed by atoms with Gasteiger partial charge in [0.1, 0.15) is 29.8 Å². The Hall–Kier alpha value is -3.61. The second-order valence-corrected chi connectivity index (χ2v) is 12.2. The zero-order valence-corrected chi connectivity index (χ0v) is 24.6.